The fourth-order valence-corrected chi connectivity index (χ4v) is 9.98. The Morgan fingerprint density at radius 1 is 0.408 bits per heavy atom. The van der Waals surface area contributed by atoms with Crippen molar-refractivity contribution in [3.8, 4) is 0 Å². The van der Waals surface area contributed by atoms with Crippen LogP contribution in [0.5, 0.6) is 0 Å². The van der Waals surface area contributed by atoms with E-state index in [0.29, 0.717) is 36.1 Å². The molecule has 26 heteroatoms. The van der Waals surface area contributed by atoms with E-state index in [1.165, 1.54) is 72.8 Å². The number of hydrogen-bond donors (Lipinski definition) is 4. The van der Waals surface area contributed by atoms with Gasteiger partial charge in [0.2, 0.25) is 11.8 Å². The molecule has 76 heavy (non-hydrogen) atoms. The first-order chi connectivity index (χ1) is 34.2. The van der Waals surface area contributed by atoms with Crippen molar-refractivity contribution < 1.29 is 142 Å². The zero-order chi connectivity index (χ0) is 56.8. The summed E-state index contributed by atoms with van der Waals surface area (Å²) in [4.78, 5) is 64.8. The monoisotopic (exact) mass is 1150 g/mol. The van der Waals surface area contributed by atoms with Crippen molar-refractivity contribution in [2.24, 2.45) is 11.8 Å². The summed E-state index contributed by atoms with van der Waals surface area (Å²) in [5, 5.41) is 43.0. The van der Waals surface area contributed by atoms with Crippen molar-refractivity contribution in [3.05, 3.63) is 108 Å². The van der Waals surface area contributed by atoms with Gasteiger partial charge in [0, 0.05) is 23.2 Å². The Labute approximate surface area is 490 Å². The second-order valence-electron chi connectivity index (χ2n) is 17.0. The minimum Gasteiger partial charge on any atom is -0.549 e. The summed E-state index contributed by atoms with van der Waals surface area (Å²) >= 11 is 0. The van der Waals surface area contributed by atoms with Gasteiger partial charge in [-0.15, -0.1) is 0 Å². The molecule has 0 aliphatic carbocycles. The van der Waals surface area contributed by atoms with E-state index in [2.05, 4.69) is 24.5 Å². The van der Waals surface area contributed by atoms with Crippen molar-refractivity contribution in [1.29, 1.82) is 0 Å². The predicted octanol–water partition coefficient (Wildman–Crippen LogP) is -1.49. The number of anilines is 2. The number of carbonyl (C=O) groups is 6. The summed E-state index contributed by atoms with van der Waals surface area (Å²) in [6.45, 7) is 15.6. The Kier molecular flexibility index (Phi) is 33.3. The Morgan fingerprint density at radius 3 is 0.829 bits per heavy atom. The van der Waals surface area contributed by atoms with Crippen LogP contribution >= 0.6 is 0 Å². The Bertz CT molecular complexity index is 2790. The van der Waals surface area contributed by atoms with Crippen LogP contribution in [0.2, 0.25) is 0 Å². The molecular formula is C50H64N2Na2O18S4. The van der Waals surface area contributed by atoms with Crippen molar-refractivity contribution in [2.75, 3.05) is 33.6 Å². The average Bonchev–Trinajstić information content (AvgIpc) is 3.32. The molecule has 0 aromatic heterocycles. The number of hydrogen-bond acceptors (Lipinski definition) is 16. The smallest absolute Gasteiger partial charge is 0.549 e. The van der Waals surface area contributed by atoms with Gasteiger partial charge in [-0.25, -0.2) is 33.7 Å². The van der Waals surface area contributed by atoms with Gasteiger partial charge in [-0.3, -0.25) is 19.2 Å². The normalized spacial score (nSPS) is 12.6. The van der Waals surface area contributed by atoms with Crippen LogP contribution in [0, 0.1) is 11.8 Å². The van der Waals surface area contributed by atoms with Crippen LogP contribution in [-0.4, -0.2) is 103 Å². The minimum absolute atomic E-state index is 0. The molecule has 408 valence electrons. The zero-order valence-electron chi connectivity index (χ0n) is 44.3. The summed E-state index contributed by atoms with van der Waals surface area (Å²) < 4.78 is 92.9. The summed E-state index contributed by atoms with van der Waals surface area (Å²) in [6.07, 6.45) is 3.34. The molecular weight excluding hydrogens is 1090 g/mol. The number of rotatable bonds is 22. The van der Waals surface area contributed by atoms with Crippen LogP contribution in [0.15, 0.2) is 117 Å². The second-order valence-corrected chi connectivity index (χ2v) is 24.9. The number of carboxylic acids is 4. The van der Waals surface area contributed by atoms with Gasteiger partial charge in [-0.05, 0) is 121 Å². The van der Waals surface area contributed by atoms with E-state index in [1.54, 1.807) is 38.1 Å². The third-order valence-corrected chi connectivity index (χ3v) is 17.6. The van der Waals surface area contributed by atoms with Crippen LogP contribution in [0.25, 0.3) is 0 Å². The molecule has 20 nitrogen and oxygen atoms in total. The number of nitrogens with one attached hydrogen (secondary N) is 2. The van der Waals surface area contributed by atoms with E-state index in [0.717, 1.165) is 24.0 Å². The van der Waals surface area contributed by atoms with Crippen molar-refractivity contribution in [1.82, 2.24) is 0 Å². The number of benzene rings is 4. The van der Waals surface area contributed by atoms with Crippen LogP contribution in [0.3, 0.4) is 0 Å². The first kappa shape index (κ1) is 73.6. The number of amides is 2. The van der Waals surface area contributed by atoms with Crippen molar-refractivity contribution in [2.45, 2.75) is 112 Å². The Hall–Kier alpha value is -4.50. The van der Waals surface area contributed by atoms with Gasteiger partial charge >= 0.3 is 71.1 Å². The molecule has 0 bridgehead atoms. The largest absolute Gasteiger partial charge is 1.00 e. The van der Waals surface area contributed by atoms with Gasteiger partial charge < -0.3 is 40.6 Å². The fraction of sp³-hybridized carbons (Fsp3) is 0.400. The SMILES string of the molecule is CCC(C)C(=O)Nc1ccc(S(=O)(=O)CC(=O)O)cc1.CCC(C)C(=O)Nc1ccc(S(=O)(=O)CC(=O)[O-])cc1.CCC(C)c1ccc(S(=O)(=O)CC(=O)O)cc1.CCC(C)c1ccc(S(=O)(=O)CC(=O)[O-])cc1.[Na+].[Na+]. The van der Waals surface area contributed by atoms with E-state index in [-0.39, 0.29) is 102 Å². The van der Waals surface area contributed by atoms with Gasteiger partial charge in [-0.2, -0.15) is 0 Å². The maximum atomic E-state index is 11.7. The topological polar surface area (TPSA) is 350 Å². The molecule has 4 rings (SSSR count). The van der Waals surface area contributed by atoms with E-state index in [4.69, 9.17) is 10.2 Å². The molecule has 0 aliphatic rings. The molecule has 0 heterocycles. The number of carbonyl (C=O) groups excluding carboxylic acids is 4. The van der Waals surface area contributed by atoms with Gasteiger partial charge in [0.15, 0.2) is 50.9 Å². The Morgan fingerprint density at radius 2 is 0.632 bits per heavy atom. The molecule has 4 aromatic rings. The molecule has 0 saturated carbocycles. The van der Waals surface area contributed by atoms with Gasteiger partial charge in [0.05, 0.1) is 43.0 Å². The van der Waals surface area contributed by atoms with E-state index in [9.17, 15) is 72.7 Å². The molecule has 4 atom stereocenters. The van der Waals surface area contributed by atoms with Crippen LogP contribution in [0.1, 0.15) is 104 Å². The maximum absolute atomic E-state index is 11.7. The first-order valence-electron chi connectivity index (χ1n) is 23.0. The second kappa shape index (κ2) is 34.4. The molecule has 2 amide bonds. The summed E-state index contributed by atoms with van der Waals surface area (Å²) in [5.74, 6) is -9.69. The standard InChI is InChI=1S/2C13H17NO5S.2C12H16O4S.2Na/c2*1-3-9(2)13(17)14-10-4-6-11(7-5-10)20(18,19)8-12(15)16;2*1-3-9(2)10-4-6-11(7-5-10)17(15,16)8-12(13)14;;/h2*4-7,9H,3,8H2,1-2H3,(H,14,17)(H,15,16);2*4-7,9H,3,8H2,1-2H3,(H,13,14);;/q;;;;2*+1/p-2. The van der Waals surface area contributed by atoms with Crippen molar-refractivity contribution >= 4 is 86.4 Å². The molecule has 0 aliphatic heterocycles. The minimum atomic E-state index is -3.90. The molecule has 4 aromatic carbocycles. The third kappa shape index (κ3) is 26.2. The van der Waals surface area contributed by atoms with Crippen LogP contribution < -0.4 is 80.0 Å². The summed E-state index contributed by atoms with van der Waals surface area (Å²) in [6, 6.07) is 23.5. The first-order valence-corrected chi connectivity index (χ1v) is 29.6. The molecule has 4 unspecified atom stereocenters. The molecule has 0 spiro atoms. The van der Waals surface area contributed by atoms with Gasteiger partial charge in [0.25, 0.3) is 0 Å². The summed E-state index contributed by atoms with van der Waals surface area (Å²) in [5.41, 5.74) is 3.04. The summed E-state index contributed by atoms with van der Waals surface area (Å²) in [7, 11) is -15.2. The van der Waals surface area contributed by atoms with E-state index in [1.807, 2.05) is 27.7 Å². The third-order valence-electron chi connectivity index (χ3n) is 11.2. The van der Waals surface area contributed by atoms with E-state index >= 15 is 0 Å². The fourth-order valence-electron chi connectivity index (χ4n) is 5.84. The van der Waals surface area contributed by atoms with Crippen molar-refractivity contribution in [3.63, 3.8) is 0 Å². The molecule has 0 saturated heterocycles. The predicted molar refractivity (Wildman–Crippen MR) is 273 cm³/mol. The molecule has 0 fully saturated rings. The number of sulfone groups is 4. The van der Waals surface area contributed by atoms with Crippen LogP contribution in [-0.2, 0) is 68.1 Å². The quantitative estimate of drug-likeness (QED) is 0.0652. The molecule has 4 N–H and O–H groups in total. The maximum Gasteiger partial charge on any atom is 1.00 e. The number of aliphatic carboxylic acids is 4. The molecule has 0 radical (unpaired) electrons. The zero-order valence-corrected chi connectivity index (χ0v) is 51.5. The van der Waals surface area contributed by atoms with E-state index < -0.39 is 86.2 Å². The van der Waals surface area contributed by atoms with Crippen LogP contribution in [0.4, 0.5) is 11.4 Å². The van der Waals surface area contributed by atoms with Gasteiger partial charge in [0.1, 0.15) is 0 Å². The number of carboxylic acid groups (broad SMARTS) is 4. The Balaban J connectivity index is 0. The van der Waals surface area contributed by atoms with Gasteiger partial charge in [-0.1, -0.05) is 79.7 Å². The average molecular weight is 1160 g/mol.